The summed E-state index contributed by atoms with van der Waals surface area (Å²) < 4.78 is 1.43. The monoisotopic (exact) mass is 236 g/mol. The molecule has 0 radical (unpaired) electrons. The van der Waals surface area contributed by atoms with Crippen molar-refractivity contribution < 1.29 is 0 Å². The van der Waals surface area contributed by atoms with E-state index in [0.717, 1.165) is 18.8 Å². The van der Waals surface area contributed by atoms with E-state index < -0.39 is 0 Å². The first-order chi connectivity index (χ1) is 8.16. The van der Waals surface area contributed by atoms with Crippen LogP contribution in [-0.2, 0) is 6.54 Å². The molecule has 5 heteroatoms. The average Bonchev–Trinajstić information content (AvgIpc) is 2.32. The van der Waals surface area contributed by atoms with Crippen LogP contribution in [0.15, 0.2) is 17.1 Å². The van der Waals surface area contributed by atoms with Crippen molar-refractivity contribution in [2.24, 2.45) is 5.73 Å². The van der Waals surface area contributed by atoms with Gasteiger partial charge in [0.05, 0.1) is 18.4 Å². The van der Waals surface area contributed by atoms with Gasteiger partial charge >= 0.3 is 0 Å². The molecule has 1 aliphatic heterocycles. The molecule has 2 N–H and O–H groups in total. The van der Waals surface area contributed by atoms with Crippen LogP contribution in [0, 0.1) is 0 Å². The average molecular weight is 236 g/mol. The lowest BCUT2D eigenvalue weighted by atomic mass is 10.1. The summed E-state index contributed by atoms with van der Waals surface area (Å²) in [7, 11) is 0. The molecular weight excluding hydrogens is 216 g/mol. The van der Waals surface area contributed by atoms with Gasteiger partial charge in [0.25, 0.3) is 5.56 Å². The van der Waals surface area contributed by atoms with Gasteiger partial charge < -0.3 is 10.6 Å². The van der Waals surface area contributed by atoms with Crippen molar-refractivity contribution in [1.29, 1.82) is 0 Å². The molecule has 0 unspecified atom stereocenters. The molecule has 5 nitrogen and oxygen atoms in total. The summed E-state index contributed by atoms with van der Waals surface area (Å²) in [5.74, 6) is 0. The highest BCUT2D eigenvalue weighted by molar-refractivity contribution is 5.43. The van der Waals surface area contributed by atoms with Crippen LogP contribution in [0.25, 0.3) is 0 Å². The largest absolute Gasteiger partial charge is 0.370 e. The predicted octanol–water partition coefficient (Wildman–Crippen LogP) is 0.581. The van der Waals surface area contributed by atoms with Crippen molar-refractivity contribution in [3.8, 4) is 0 Å². The standard InChI is InChI=1S/C12H20N4O/c1-10(13)9-16-12(17)7-11(8-14-16)15-5-3-2-4-6-15/h7-8,10H,2-6,9,13H2,1H3/t10-/m0/s1. The summed E-state index contributed by atoms with van der Waals surface area (Å²) in [5.41, 5.74) is 6.54. The molecular formula is C12H20N4O. The molecule has 0 aromatic carbocycles. The van der Waals surface area contributed by atoms with Crippen molar-refractivity contribution in [3.63, 3.8) is 0 Å². The Hall–Kier alpha value is -1.36. The third-order valence-electron chi connectivity index (χ3n) is 3.04. The van der Waals surface area contributed by atoms with Gasteiger partial charge in [0, 0.05) is 25.2 Å². The summed E-state index contributed by atoms with van der Waals surface area (Å²) in [5, 5.41) is 4.18. The molecule has 1 fully saturated rings. The zero-order valence-corrected chi connectivity index (χ0v) is 10.3. The first kappa shape index (κ1) is 12.1. The quantitative estimate of drug-likeness (QED) is 0.834. The summed E-state index contributed by atoms with van der Waals surface area (Å²) >= 11 is 0. The molecule has 17 heavy (non-hydrogen) atoms. The van der Waals surface area contributed by atoms with E-state index in [2.05, 4.69) is 10.00 Å². The molecule has 2 heterocycles. The molecule has 0 saturated carbocycles. The van der Waals surface area contributed by atoms with Crippen molar-refractivity contribution in [2.45, 2.75) is 38.8 Å². The Labute approximate surface area is 101 Å². The molecule has 1 aromatic heterocycles. The fourth-order valence-electron chi connectivity index (χ4n) is 2.16. The van der Waals surface area contributed by atoms with Gasteiger partial charge in [-0.15, -0.1) is 0 Å². The normalized spacial score (nSPS) is 18.1. The van der Waals surface area contributed by atoms with E-state index in [9.17, 15) is 4.79 Å². The second-order valence-electron chi connectivity index (χ2n) is 4.76. The minimum Gasteiger partial charge on any atom is -0.370 e. The summed E-state index contributed by atoms with van der Waals surface area (Å²) in [6.45, 7) is 4.39. The SMILES string of the molecule is C[C@H](N)Cn1ncc(N2CCCCC2)cc1=O. The Bertz CT molecular complexity index is 421. The van der Waals surface area contributed by atoms with Gasteiger partial charge in [-0.2, -0.15) is 5.10 Å². The van der Waals surface area contributed by atoms with Gasteiger partial charge in [-0.3, -0.25) is 4.79 Å². The molecule has 1 aliphatic rings. The molecule has 0 aliphatic carbocycles. The topological polar surface area (TPSA) is 64.2 Å². The first-order valence-electron chi connectivity index (χ1n) is 6.24. The van der Waals surface area contributed by atoms with Crippen LogP contribution >= 0.6 is 0 Å². The summed E-state index contributed by atoms with van der Waals surface area (Å²) in [4.78, 5) is 14.1. The molecule has 1 saturated heterocycles. The van der Waals surface area contributed by atoms with Crippen LogP contribution in [0.2, 0.25) is 0 Å². The van der Waals surface area contributed by atoms with Crippen LogP contribution in [0.5, 0.6) is 0 Å². The number of hydrogen-bond donors (Lipinski definition) is 1. The molecule has 0 amide bonds. The Morgan fingerprint density at radius 3 is 2.71 bits per heavy atom. The third-order valence-corrected chi connectivity index (χ3v) is 3.04. The van der Waals surface area contributed by atoms with Crippen LogP contribution in [0.4, 0.5) is 5.69 Å². The van der Waals surface area contributed by atoms with E-state index in [0.29, 0.717) is 6.54 Å². The number of anilines is 1. The van der Waals surface area contributed by atoms with Gasteiger partial charge in [-0.1, -0.05) is 0 Å². The lowest BCUT2D eigenvalue weighted by Gasteiger charge is -2.28. The van der Waals surface area contributed by atoms with Crippen molar-refractivity contribution in [2.75, 3.05) is 18.0 Å². The number of piperidine rings is 1. The van der Waals surface area contributed by atoms with Crippen LogP contribution in [0.1, 0.15) is 26.2 Å². The maximum absolute atomic E-state index is 11.8. The summed E-state index contributed by atoms with van der Waals surface area (Å²) in [6.07, 6.45) is 5.45. The van der Waals surface area contributed by atoms with E-state index in [1.165, 1.54) is 23.9 Å². The minimum atomic E-state index is -0.0645. The molecule has 94 valence electrons. The van der Waals surface area contributed by atoms with E-state index in [1.54, 1.807) is 12.3 Å². The van der Waals surface area contributed by atoms with Gasteiger partial charge in [0.15, 0.2) is 0 Å². The molecule has 0 bridgehead atoms. The Morgan fingerprint density at radius 2 is 2.12 bits per heavy atom. The lowest BCUT2D eigenvalue weighted by Crippen LogP contribution is -2.34. The van der Waals surface area contributed by atoms with Crippen molar-refractivity contribution >= 4 is 5.69 Å². The molecule has 1 aromatic rings. The highest BCUT2D eigenvalue weighted by Gasteiger charge is 2.12. The van der Waals surface area contributed by atoms with E-state index in [-0.39, 0.29) is 11.6 Å². The lowest BCUT2D eigenvalue weighted by molar-refractivity contribution is 0.511. The van der Waals surface area contributed by atoms with Gasteiger partial charge in [-0.25, -0.2) is 4.68 Å². The second kappa shape index (κ2) is 5.31. The molecule has 1 atom stereocenters. The predicted molar refractivity (Wildman–Crippen MR) is 68.2 cm³/mol. The summed E-state index contributed by atoms with van der Waals surface area (Å²) in [6, 6.07) is 1.61. The highest BCUT2D eigenvalue weighted by atomic mass is 16.1. The van der Waals surface area contributed by atoms with Gasteiger partial charge in [-0.05, 0) is 26.2 Å². The number of aromatic nitrogens is 2. The zero-order valence-electron chi connectivity index (χ0n) is 10.3. The van der Waals surface area contributed by atoms with E-state index in [4.69, 9.17) is 5.73 Å². The number of hydrogen-bond acceptors (Lipinski definition) is 4. The second-order valence-corrected chi connectivity index (χ2v) is 4.76. The molecule has 2 rings (SSSR count). The number of rotatable bonds is 3. The zero-order chi connectivity index (χ0) is 12.3. The fourth-order valence-corrected chi connectivity index (χ4v) is 2.16. The maximum Gasteiger partial charge on any atom is 0.268 e. The number of nitrogens with zero attached hydrogens (tertiary/aromatic N) is 3. The van der Waals surface area contributed by atoms with Crippen LogP contribution < -0.4 is 16.2 Å². The number of nitrogens with two attached hydrogens (primary N) is 1. The van der Waals surface area contributed by atoms with Crippen LogP contribution in [0.3, 0.4) is 0 Å². The Morgan fingerprint density at radius 1 is 1.41 bits per heavy atom. The third kappa shape index (κ3) is 3.06. The van der Waals surface area contributed by atoms with E-state index in [1.807, 2.05) is 6.92 Å². The van der Waals surface area contributed by atoms with Gasteiger partial charge in [0.2, 0.25) is 0 Å². The smallest absolute Gasteiger partial charge is 0.268 e. The van der Waals surface area contributed by atoms with Crippen LogP contribution in [-0.4, -0.2) is 28.9 Å². The molecule has 0 spiro atoms. The highest BCUT2D eigenvalue weighted by Crippen LogP contribution is 2.16. The van der Waals surface area contributed by atoms with Crippen molar-refractivity contribution in [3.05, 3.63) is 22.6 Å². The van der Waals surface area contributed by atoms with Crippen molar-refractivity contribution in [1.82, 2.24) is 9.78 Å². The van der Waals surface area contributed by atoms with E-state index >= 15 is 0 Å². The Kier molecular flexibility index (Phi) is 3.78. The minimum absolute atomic E-state index is 0.0546. The first-order valence-corrected chi connectivity index (χ1v) is 6.24. The maximum atomic E-state index is 11.8. The fraction of sp³-hybridized carbons (Fsp3) is 0.667. The Balaban J connectivity index is 2.15. The van der Waals surface area contributed by atoms with Gasteiger partial charge in [0.1, 0.15) is 0 Å².